The largest absolute Gasteiger partial charge is 0.381 e. The zero-order chi connectivity index (χ0) is 12.8. The molecule has 2 rings (SSSR count). The summed E-state index contributed by atoms with van der Waals surface area (Å²) in [6.07, 6.45) is 8.21. The third kappa shape index (κ3) is 3.56. The third-order valence-corrected chi connectivity index (χ3v) is 3.88. The summed E-state index contributed by atoms with van der Waals surface area (Å²) in [6, 6.07) is 0.377. The Morgan fingerprint density at radius 3 is 2.89 bits per heavy atom. The van der Waals surface area contributed by atoms with Crippen molar-refractivity contribution >= 4 is 5.91 Å². The van der Waals surface area contributed by atoms with Crippen molar-refractivity contribution in [2.45, 2.75) is 31.7 Å². The minimum Gasteiger partial charge on any atom is -0.381 e. The fraction of sp³-hybridized carbons (Fsp3) is 0.786. The molecule has 2 heterocycles. The number of amides is 1. The molecule has 0 saturated carbocycles. The molecule has 0 aliphatic carbocycles. The number of carbonyl (C=O) groups is 1. The zero-order valence-electron chi connectivity index (χ0n) is 11.2. The molecule has 2 saturated heterocycles. The number of likely N-dealkylation sites (tertiary alicyclic amines) is 1. The van der Waals surface area contributed by atoms with Gasteiger partial charge in [0.2, 0.25) is 5.91 Å². The van der Waals surface area contributed by atoms with Gasteiger partial charge < -0.3 is 15.0 Å². The first-order valence-electron chi connectivity index (χ1n) is 7.02. The van der Waals surface area contributed by atoms with Crippen LogP contribution in [0.15, 0.2) is 12.2 Å². The van der Waals surface area contributed by atoms with Gasteiger partial charge in [0.05, 0.1) is 0 Å². The van der Waals surface area contributed by atoms with Crippen molar-refractivity contribution in [1.82, 2.24) is 10.2 Å². The van der Waals surface area contributed by atoms with Gasteiger partial charge in [-0.3, -0.25) is 4.79 Å². The number of hydrogen-bond acceptors (Lipinski definition) is 3. The Hall–Kier alpha value is -0.870. The summed E-state index contributed by atoms with van der Waals surface area (Å²) in [7, 11) is 1.94. The van der Waals surface area contributed by atoms with E-state index in [1.54, 1.807) is 6.08 Å². The van der Waals surface area contributed by atoms with Crippen LogP contribution in [0, 0.1) is 5.92 Å². The zero-order valence-corrected chi connectivity index (χ0v) is 11.2. The summed E-state index contributed by atoms with van der Waals surface area (Å²) in [5.74, 6) is 0.701. The quantitative estimate of drug-likeness (QED) is 0.764. The van der Waals surface area contributed by atoms with Crippen LogP contribution in [0.5, 0.6) is 0 Å². The number of nitrogens with one attached hydrogen (secondary N) is 1. The lowest BCUT2D eigenvalue weighted by Crippen LogP contribution is -2.40. The Labute approximate surface area is 109 Å². The first-order chi connectivity index (χ1) is 8.81. The predicted octanol–water partition coefficient (Wildman–Crippen LogP) is 1.18. The molecule has 18 heavy (non-hydrogen) atoms. The summed E-state index contributed by atoms with van der Waals surface area (Å²) in [6.45, 7) is 3.46. The summed E-state index contributed by atoms with van der Waals surface area (Å²) in [5, 5.41) is 3.17. The normalized spacial score (nSPS) is 26.1. The van der Waals surface area contributed by atoms with Gasteiger partial charge >= 0.3 is 0 Å². The minimum atomic E-state index is 0.180. The van der Waals surface area contributed by atoms with Gasteiger partial charge in [-0.1, -0.05) is 6.08 Å². The Balaban J connectivity index is 1.84. The summed E-state index contributed by atoms with van der Waals surface area (Å²) < 4.78 is 5.32. The van der Waals surface area contributed by atoms with Gasteiger partial charge in [0, 0.05) is 32.3 Å². The standard InChI is InChI=1S/C14H24N2O2/c1-15-11-13-3-2-8-16(13)14(17)5-4-12-6-9-18-10-7-12/h4-5,12-13,15H,2-3,6-11H2,1H3/b5-4+. The lowest BCUT2D eigenvalue weighted by Gasteiger charge is -2.24. The summed E-state index contributed by atoms with van der Waals surface area (Å²) >= 11 is 0. The van der Waals surface area contributed by atoms with E-state index in [-0.39, 0.29) is 5.91 Å². The maximum atomic E-state index is 12.2. The van der Waals surface area contributed by atoms with Gasteiger partial charge in [-0.2, -0.15) is 0 Å². The molecule has 0 aromatic heterocycles. The SMILES string of the molecule is CNCC1CCCN1C(=O)/C=C/C1CCOCC1. The fourth-order valence-electron chi connectivity index (χ4n) is 2.80. The predicted molar refractivity (Wildman–Crippen MR) is 71.3 cm³/mol. The second kappa shape index (κ2) is 6.90. The Morgan fingerprint density at radius 2 is 2.17 bits per heavy atom. The van der Waals surface area contributed by atoms with E-state index in [1.165, 1.54) is 0 Å². The van der Waals surface area contributed by atoms with E-state index in [0.29, 0.717) is 12.0 Å². The maximum absolute atomic E-state index is 12.2. The average Bonchev–Trinajstić information content (AvgIpc) is 2.86. The van der Waals surface area contributed by atoms with E-state index in [9.17, 15) is 4.79 Å². The van der Waals surface area contributed by atoms with Crippen LogP contribution in [-0.4, -0.2) is 50.2 Å². The van der Waals surface area contributed by atoms with Crippen LogP contribution < -0.4 is 5.32 Å². The van der Waals surface area contributed by atoms with E-state index in [4.69, 9.17) is 4.74 Å². The second-order valence-electron chi connectivity index (χ2n) is 5.19. The van der Waals surface area contributed by atoms with Gasteiger partial charge in [0.25, 0.3) is 0 Å². The molecule has 0 aromatic carbocycles. The number of rotatable bonds is 4. The first kappa shape index (κ1) is 13.6. The second-order valence-corrected chi connectivity index (χ2v) is 5.19. The highest BCUT2D eigenvalue weighted by atomic mass is 16.5. The molecule has 0 spiro atoms. The van der Waals surface area contributed by atoms with Crippen LogP contribution in [0.25, 0.3) is 0 Å². The molecule has 0 bridgehead atoms. The van der Waals surface area contributed by atoms with Crippen molar-refractivity contribution in [3.05, 3.63) is 12.2 Å². The molecule has 2 aliphatic heterocycles. The highest BCUT2D eigenvalue weighted by Gasteiger charge is 2.26. The number of allylic oxidation sites excluding steroid dienone is 1. The number of hydrogen-bond donors (Lipinski definition) is 1. The molecule has 4 nitrogen and oxygen atoms in total. The van der Waals surface area contributed by atoms with E-state index < -0.39 is 0 Å². The summed E-state index contributed by atoms with van der Waals surface area (Å²) in [4.78, 5) is 14.2. The van der Waals surface area contributed by atoms with Crippen LogP contribution in [0.4, 0.5) is 0 Å². The molecule has 1 N–H and O–H groups in total. The van der Waals surface area contributed by atoms with Crippen LogP contribution in [0.1, 0.15) is 25.7 Å². The molecule has 1 amide bonds. The van der Waals surface area contributed by atoms with Gasteiger partial charge in [0.1, 0.15) is 0 Å². The van der Waals surface area contributed by atoms with Crippen molar-refractivity contribution < 1.29 is 9.53 Å². The van der Waals surface area contributed by atoms with Crippen LogP contribution in [-0.2, 0) is 9.53 Å². The molecule has 102 valence electrons. The van der Waals surface area contributed by atoms with Crippen molar-refractivity contribution in [1.29, 1.82) is 0 Å². The highest BCUT2D eigenvalue weighted by molar-refractivity contribution is 5.88. The number of carbonyl (C=O) groups excluding carboxylic acids is 1. The molecule has 1 unspecified atom stereocenters. The lowest BCUT2D eigenvalue weighted by atomic mass is 10.00. The smallest absolute Gasteiger partial charge is 0.246 e. The van der Waals surface area contributed by atoms with E-state index in [1.807, 2.05) is 11.9 Å². The molecular weight excluding hydrogens is 228 g/mol. The van der Waals surface area contributed by atoms with Crippen molar-refractivity contribution in [3.63, 3.8) is 0 Å². The molecule has 1 atom stereocenters. The van der Waals surface area contributed by atoms with Crippen LogP contribution in [0.3, 0.4) is 0 Å². The van der Waals surface area contributed by atoms with Crippen molar-refractivity contribution in [3.8, 4) is 0 Å². The molecule has 0 aromatic rings. The van der Waals surface area contributed by atoms with E-state index in [2.05, 4.69) is 11.4 Å². The fourth-order valence-corrected chi connectivity index (χ4v) is 2.80. The van der Waals surface area contributed by atoms with Crippen LogP contribution in [0.2, 0.25) is 0 Å². The highest BCUT2D eigenvalue weighted by Crippen LogP contribution is 2.19. The maximum Gasteiger partial charge on any atom is 0.246 e. The van der Waals surface area contributed by atoms with E-state index in [0.717, 1.165) is 52.0 Å². The lowest BCUT2D eigenvalue weighted by molar-refractivity contribution is -0.126. The minimum absolute atomic E-state index is 0.180. The topological polar surface area (TPSA) is 41.6 Å². The van der Waals surface area contributed by atoms with Gasteiger partial charge in [-0.25, -0.2) is 0 Å². The molecular formula is C14H24N2O2. The van der Waals surface area contributed by atoms with Crippen molar-refractivity contribution in [2.75, 3.05) is 33.4 Å². The average molecular weight is 252 g/mol. The molecule has 4 heteroatoms. The monoisotopic (exact) mass is 252 g/mol. The third-order valence-electron chi connectivity index (χ3n) is 3.88. The number of ether oxygens (including phenoxy) is 1. The molecule has 2 aliphatic rings. The van der Waals surface area contributed by atoms with Crippen LogP contribution >= 0.6 is 0 Å². The van der Waals surface area contributed by atoms with Gasteiger partial charge in [-0.15, -0.1) is 0 Å². The van der Waals surface area contributed by atoms with E-state index >= 15 is 0 Å². The first-order valence-corrected chi connectivity index (χ1v) is 7.02. The Kier molecular flexibility index (Phi) is 5.20. The number of nitrogens with zero attached hydrogens (tertiary/aromatic N) is 1. The van der Waals surface area contributed by atoms with Gasteiger partial charge in [-0.05, 0) is 44.7 Å². The Bertz CT molecular complexity index is 298. The number of likely N-dealkylation sites (N-methyl/N-ethyl adjacent to an activating group) is 1. The van der Waals surface area contributed by atoms with Crippen molar-refractivity contribution in [2.24, 2.45) is 5.92 Å². The van der Waals surface area contributed by atoms with Gasteiger partial charge in [0.15, 0.2) is 0 Å². The molecule has 2 fully saturated rings. The summed E-state index contributed by atoms with van der Waals surface area (Å²) in [5.41, 5.74) is 0. The Morgan fingerprint density at radius 1 is 1.39 bits per heavy atom. The molecule has 0 radical (unpaired) electrons.